The summed E-state index contributed by atoms with van der Waals surface area (Å²) in [6.07, 6.45) is 0.912. The molecule has 0 unspecified atom stereocenters. The molecule has 0 heterocycles. The first-order chi connectivity index (χ1) is 13.5. The van der Waals surface area contributed by atoms with E-state index < -0.39 is 11.8 Å². The number of hydrazone groups is 1. The molecule has 7 nitrogen and oxygen atoms in total. The van der Waals surface area contributed by atoms with Crippen LogP contribution in [0.25, 0.3) is 0 Å². The molecular formula is C21H24N4O3. The Balaban J connectivity index is 1.76. The largest absolute Gasteiger partial charge is 0.352 e. The Morgan fingerprint density at radius 3 is 2.21 bits per heavy atom. The van der Waals surface area contributed by atoms with Crippen LogP contribution in [0.2, 0.25) is 0 Å². The number of anilines is 1. The van der Waals surface area contributed by atoms with Crippen molar-refractivity contribution in [2.75, 3.05) is 5.32 Å². The highest BCUT2D eigenvalue weighted by Gasteiger charge is 2.13. The number of aryl methyl sites for hydroxylation is 1. The summed E-state index contributed by atoms with van der Waals surface area (Å²) in [5, 5.41) is 9.07. The van der Waals surface area contributed by atoms with Gasteiger partial charge >= 0.3 is 11.8 Å². The molecular weight excluding hydrogens is 356 g/mol. The van der Waals surface area contributed by atoms with Crippen LogP contribution in [0.1, 0.15) is 31.4 Å². The van der Waals surface area contributed by atoms with Gasteiger partial charge in [-0.15, -0.1) is 0 Å². The summed E-state index contributed by atoms with van der Waals surface area (Å²) in [4.78, 5) is 35.6. The number of hydrogen-bond donors (Lipinski definition) is 3. The maximum absolute atomic E-state index is 11.9. The Morgan fingerprint density at radius 1 is 0.893 bits per heavy atom. The lowest BCUT2D eigenvalue weighted by Gasteiger charge is -2.06. The van der Waals surface area contributed by atoms with E-state index in [4.69, 9.17) is 0 Å². The van der Waals surface area contributed by atoms with Crippen LogP contribution in [0.3, 0.4) is 0 Å². The van der Waals surface area contributed by atoms with Crippen LogP contribution in [0.15, 0.2) is 59.7 Å². The molecule has 2 aromatic carbocycles. The molecule has 0 atom stereocenters. The van der Waals surface area contributed by atoms with Crippen LogP contribution in [-0.2, 0) is 27.3 Å². The first kappa shape index (κ1) is 20.8. The second-order valence-corrected chi connectivity index (χ2v) is 6.23. The van der Waals surface area contributed by atoms with Gasteiger partial charge in [0.2, 0.25) is 5.91 Å². The average molecular weight is 380 g/mol. The van der Waals surface area contributed by atoms with Gasteiger partial charge in [0.1, 0.15) is 0 Å². The van der Waals surface area contributed by atoms with Crippen LogP contribution in [0.4, 0.5) is 5.69 Å². The van der Waals surface area contributed by atoms with Crippen molar-refractivity contribution in [2.24, 2.45) is 5.10 Å². The highest BCUT2D eigenvalue weighted by atomic mass is 16.2. The van der Waals surface area contributed by atoms with E-state index in [-0.39, 0.29) is 12.3 Å². The van der Waals surface area contributed by atoms with Crippen LogP contribution in [0.5, 0.6) is 0 Å². The maximum atomic E-state index is 11.9. The SMILES string of the molecule is CCc1ccc(NC(=O)C(=O)N/N=C(\C)CC(=O)NCc2ccccc2)cc1. The Morgan fingerprint density at radius 2 is 1.57 bits per heavy atom. The Bertz CT molecular complexity index is 846. The normalized spacial score (nSPS) is 10.9. The van der Waals surface area contributed by atoms with E-state index in [2.05, 4.69) is 21.2 Å². The Kier molecular flexibility index (Phi) is 7.90. The first-order valence-electron chi connectivity index (χ1n) is 9.02. The lowest BCUT2D eigenvalue weighted by molar-refractivity contribution is -0.136. The first-order valence-corrected chi connectivity index (χ1v) is 9.02. The molecule has 146 valence electrons. The molecule has 0 aliphatic heterocycles. The third-order valence-corrected chi connectivity index (χ3v) is 3.92. The fraction of sp³-hybridized carbons (Fsp3) is 0.238. The summed E-state index contributed by atoms with van der Waals surface area (Å²) in [5.41, 5.74) is 5.20. The minimum atomic E-state index is -0.899. The predicted molar refractivity (Wildman–Crippen MR) is 109 cm³/mol. The van der Waals surface area contributed by atoms with Crippen LogP contribution >= 0.6 is 0 Å². The van der Waals surface area contributed by atoms with Gasteiger partial charge in [-0.25, -0.2) is 5.43 Å². The van der Waals surface area contributed by atoms with Gasteiger partial charge in [-0.05, 0) is 36.6 Å². The number of nitrogens with one attached hydrogen (secondary N) is 3. The van der Waals surface area contributed by atoms with Crippen molar-refractivity contribution in [3.05, 3.63) is 65.7 Å². The van der Waals surface area contributed by atoms with E-state index >= 15 is 0 Å². The molecule has 0 aromatic heterocycles. The molecule has 0 saturated carbocycles. The fourth-order valence-corrected chi connectivity index (χ4v) is 2.34. The van der Waals surface area contributed by atoms with E-state index in [1.54, 1.807) is 19.1 Å². The number of carbonyl (C=O) groups excluding carboxylic acids is 3. The van der Waals surface area contributed by atoms with Crippen molar-refractivity contribution >= 4 is 29.1 Å². The summed E-state index contributed by atoms with van der Waals surface area (Å²) in [6, 6.07) is 16.7. The zero-order valence-electron chi connectivity index (χ0n) is 16.0. The third-order valence-electron chi connectivity index (χ3n) is 3.92. The van der Waals surface area contributed by atoms with Gasteiger partial charge in [0.15, 0.2) is 0 Å². The minimum Gasteiger partial charge on any atom is -0.352 e. The minimum absolute atomic E-state index is 0.0210. The molecule has 0 aliphatic carbocycles. The molecule has 0 fully saturated rings. The molecule has 28 heavy (non-hydrogen) atoms. The summed E-state index contributed by atoms with van der Waals surface area (Å²) in [6.45, 7) is 4.05. The molecule has 0 bridgehead atoms. The highest BCUT2D eigenvalue weighted by molar-refractivity contribution is 6.39. The monoisotopic (exact) mass is 380 g/mol. The van der Waals surface area contributed by atoms with E-state index in [0.29, 0.717) is 17.9 Å². The van der Waals surface area contributed by atoms with Crippen molar-refractivity contribution in [3.63, 3.8) is 0 Å². The molecule has 2 aromatic rings. The standard InChI is InChI=1S/C21H24N4O3/c1-3-16-9-11-18(12-10-16)23-20(27)21(28)25-24-15(2)13-19(26)22-14-17-7-5-4-6-8-17/h4-12H,3,13-14H2,1-2H3,(H,22,26)(H,23,27)(H,25,28)/b24-15+. The molecule has 2 rings (SSSR count). The van der Waals surface area contributed by atoms with Gasteiger partial charge in [-0.2, -0.15) is 5.10 Å². The van der Waals surface area contributed by atoms with Crippen molar-refractivity contribution in [1.29, 1.82) is 0 Å². The van der Waals surface area contributed by atoms with Crippen LogP contribution < -0.4 is 16.1 Å². The van der Waals surface area contributed by atoms with Gasteiger partial charge in [-0.1, -0.05) is 49.4 Å². The zero-order chi connectivity index (χ0) is 20.4. The summed E-state index contributed by atoms with van der Waals surface area (Å²) in [5.74, 6) is -1.95. The number of amides is 3. The molecule has 3 N–H and O–H groups in total. The maximum Gasteiger partial charge on any atom is 0.329 e. The Hall–Kier alpha value is -3.48. The van der Waals surface area contributed by atoms with Crippen molar-refractivity contribution < 1.29 is 14.4 Å². The fourth-order valence-electron chi connectivity index (χ4n) is 2.34. The van der Waals surface area contributed by atoms with Crippen LogP contribution in [-0.4, -0.2) is 23.4 Å². The third kappa shape index (κ3) is 7.03. The van der Waals surface area contributed by atoms with Gasteiger partial charge in [0, 0.05) is 17.9 Å². The predicted octanol–water partition coefficient (Wildman–Crippen LogP) is 2.39. The number of hydrogen-bond acceptors (Lipinski definition) is 4. The molecule has 7 heteroatoms. The Labute approximate surface area is 164 Å². The highest BCUT2D eigenvalue weighted by Crippen LogP contribution is 2.09. The smallest absolute Gasteiger partial charge is 0.329 e. The molecule has 0 saturated heterocycles. The molecule has 0 radical (unpaired) electrons. The number of nitrogens with zero attached hydrogens (tertiary/aromatic N) is 1. The van der Waals surface area contributed by atoms with Crippen molar-refractivity contribution in [1.82, 2.24) is 10.7 Å². The second-order valence-electron chi connectivity index (χ2n) is 6.23. The summed E-state index contributed by atoms with van der Waals surface area (Å²) in [7, 11) is 0. The van der Waals surface area contributed by atoms with Crippen molar-refractivity contribution in [3.8, 4) is 0 Å². The topological polar surface area (TPSA) is 99.7 Å². The van der Waals surface area contributed by atoms with Gasteiger partial charge < -0.3 is 10.6 Å². The van der Waals surface area contributed by atoms with Gasteiger partial charge in [0.05, 0.1) is 6.42 Å². The molecule has 0 aliphatic rings. The van der Waals surface area contributed by atoms with E-state index in [9.17, 15) is 14.4 Å². The summed E-state index contributed by atoms with van der Waals surface area (Å²) >= 11 is 0. The lowest BCUT2D eigenvalue weighted by Crippen LogP contribution is -2.33. The second kappa shape index (κ2) is 10.6. The summed E-state index contributed by atoms with van der Waals surface area (Å²) < 4.78 is 0. The van der Waals surface area contributed by atoms with Gasteiger partial charge in [0.25, 0.3) is 0 Å². The van der Waals surface area contributed by atoms with Crippen molar-refractivity contribution in [2.45, 2.75) is 33.2 Å². The zero-order valence-corrected chi connectivity index (χ0v) is 16.0. The number of benzene rings is 2. The number of rotatable bonds is 7. The van der Waals surface area contributed by atoms with E-state index in [1.807, 2.05) is 49.4 Å². The van der Waals surface area contributed by atoms with Crippen LogP contribution in [0, 0.1) is 0 Å². The number of carbonyl (C=O) groups is 3. The average Bonchev–Trinajstić information content (AvgIpc) is 2.71. The van der Waals surface area contributed by atoms with E-state index in [0.717, 1.165) is 17.5 Å². The molecule has 3 amide bonds. The van der Waals surface area contributed by atoms with E-state index in [1.165, 1.54) is 0 Å². The molecule has 0 spiro atoms. The lowest BCUT2D eigenvalue weighted by atomic mass is 10.1. The quantitative estimate of drug-likeness (QED) is 0.391. The van der Waals surface area contributed by atoms with Gasteiger partial charge in [-0.3, -0.25) is 14.4 Å².